The summed E-state index contributed by atoms with van der Waals surface area (Å²) in [6.07, 6.45) is 10.2. The van der Waals surface area contributed by atoms with Crippen LogP contribution in [0.5, 0.6) is 0 Å². The van der Waals surface area contributed by atoms with Crippen LogP contribution < -0.4 is 0 Å². The minimum Gasteiger partial charge on any atom is -0.250 e. The van der Waals surface area contributed by atoms with E-state index in [0.29, 0.717) is 0 Å². The highest BCUT2D eigenvalue weighted by atomic mass is 32.2. The van der Waals surface area contributed by atoms with Gasteiger partial charge in [-0.2, -0.15) is 0 Å². The minimum atomic E-state index is 0.975. The second-order valence-corrected chi connectivity index (χ2v) is 5.40. The summed E-state index contributed by atoms with van der Waals surface area (Å²) >= 11 is 2.16. The Morgan fingerprint density at radius 2 is 1.50 bits per heavy atom. The molecule has 0 aromatic carbocycles. The predicted octanol–water partition coefficient (Wildman–Crippen LogP) is 3.06. The topological polar surface area (TPSA) is 3.24 Å². The van der Waals surface area contributed by atoms with E-state index in [0.717, 1.165) is 5.25 Å². The van der Waals surface area contributed by atoms with E-state index in [1.165, 1.54) is 58.0 Å². The Morgan fingerprint density at radius 1 is 0.833 bits per heavy atom. The highest BCUT2D eigenvalue weighted by molar-refractivity contribution is 7.97. The van der Waals surface area contributed by atoms with Crippen LogP contribution in [-0.4, -0.2) is 22.6 Å². The zero-order valence-electron chi connectivity index (χ0n) is 7.80. The quantitative estimate of drug-likeness (QED) is 0.608. The molecule has 2 heteroatoms. The molecule has 0 unspecified atom stereocenters. The van der Waals surface area contributed by atoms with Crippen molar-refractivity contribution in [2.24, 2.45) is 0 Å². The van der Waals surface area contributed by atoms with Crippen molar-refractivity contribution in [1.82, 2.24) is 4.31 Å². The average molecular weight is 185 g/mol. The van der Waals surface area contributed by atoms with Gasteiger partial charge in [0.25, 0.3) is 0 Å². The molecule has 0 atom stereocenters. The summed E-state index contributed by atoms with van der Waals surface area (Å²) in [6, 6.07) is 0. The molecule has 0 aromatic heterocycles. The van der Waals surface area contributed by atoms with Gasteiger partial charge in [0.15, 0.2) is 0 Å². The largest absolute Gasteiger partial charge is 0.250 e. The van der Waals surface area contributed by atoms with Crippen LogP contribution in [0, 0.1) is 0 Å². The highest BCUT2D eigenvalue weighted by Gasteiger charge is 2.20. The average Bonchev–Trinajstić information content (AvgIpc) is 2.59. The van der Waals surface area contributed by atoms with Crippen LogP contribution in [0.4, 0.5) is 0 Å². The van der Waals surface area contributed by atoms with Crippen molar-refractivity contribution in [2.75, 3.05) is 13.1 Å². The normalized spacial score (nSPS) is 28.0. The molecule has 1 nitrogen and oxygen atoms in total. The fraction of sp³-hybridized carbons (Fsp3) is 1.00. The molecule has 1 aliphatic heterocycles. The van der Waals surface area contributed by atoms with Crippen LogP contribution in [0.15, 0.2) is 0 Å². The van der Waals surface area contributed by atoms with Gasteiger partial charge in [-0.15, -0.1) is 0 Å². The Bertz CT molecular complexity index is 126. The van der Waals surface area contributed by atoms with E-state index >= 15 is 0 Å². The molecule has 2 rings (SSSR count). The van der Waals surface area contributed by atoms with Crippen LogP contribution in [-0.2, 0) is 0 Å². The van der Waals surface area contributed by atoms with E-state index in [-0.39, 0.29) is 0 Å². The van der Waals surface area contributed by atoms with Crippen LogP contribution in [0.25, 0.3) is 0 Å². The number of rotatable bonds is 2. The molecular formula is C10H19NS. The van der Waals surface area contributed by atoms with Gasteiger partial charge in [0.2, 0.25) is 0 Å². The molecule has 0 aromatic rings. The predicted molar refractivity (Wildman–Crippen MR) is 55.3 cm³/mol. The minimum absolute atomic E-state index is 0.975. The first-order valence-electron chi connectivity index (χ1n) is 5.37. The first kappa shape index (κ1) is 8.89. The standard InChI is InChI=1S/C10H19NS/c1-4-8-11(9-5-1)12-10-6-2-3-7-10/h10H,1-9H2. The second-order valence-electron chi connectivity index (χ2n) is 4.00. The maximum absolute atomic E-state index is 2.61. The zero-order valence-corrected chi connectivity index (χ0v) is 8.61. The summed E-state index contributed by atoms with van der Waals surface area (Å²) in [7, 11) is 0. The molecule has 1 saturated carbocycles. The molecule has 12 heavy (non-hydrogen) atoms. The molecule has 0 spiro atoms. The third-order valence-electron chi connectivity index (χ3n) is 2.92. The Labute approximate surface area is 80.0 Å². The number of nitrogens with zero attached hydrogens (tertiary/aromatic N) is 1. The monoisotopic (exact) mass is 185 g/mol. The van der Waals surface area contributed by atoms with Crippen molar-refractivity contribution in [2.45, 2.75) is 50.2 Å². The number of hydrogen-bond acceptors (Lipinski definition) is 2. The van der Waals surface area contributed by atoms with Crippen LogP contribution in [0.3, 0.4) is 0 Å². The SMILES string of the molecule is C1CCN(SC2CCCC2)CC1. The first-order chi connectivity index (χ1) is 5.95. The van der Waals surface area contributed by atoms with Gasteiger partial charge in [-0.25, -0.2) is 0 Å². The molecule has 0 bridgehead atoms. The van der Waals surface area contributed by atoms with E-state index in [1.54, 1.807) is 0 Å². The summed E-state index contributed by atoms with van der Waals surface area (Å²) < 4.78 is 2.61. The van der Waals surface area contributed by atoms with E-state index < -0.39 is 0 Å². The molecule has 2 aliphatic rings. The molecule has 2 fully saturated rings. The van der Waals surface area contributed by atoms with Crippen molar-refractivity contribution in [3.8, 4) is 0 Å². The molecule has 0 amide bonds. The zero-order chi connectivity index (χ0) is 8.23. The van der Waals surface area contributed by atoms with E-state index in [2.05, 4.69) is 16.3 Å². The van der Waals surface area contributed by atoms with Crippen molar-refractivity contribution in [1.29, 1.82) is 0 Å². The molecule has 1 aliphatic carbocycles. The van der Waals surface area contributed by atoms with Gasteiger partial charge >= 0.3 is 0 Å². The van der Waals surface area contributed by atoms with Crippen LogP contribution in [0.2, 0.25) is 0 Å². The molecule has 1 saturated heterocycles. The Balaban J connectivity index is 1.69. The summed E-state index contributed by atoms with van der Waals surface area (Å²) in [6.45, 7) is 2.70. The highest BCUT2D eigenvalue weighted by Crippen LogP contribution is 2.32. The van der Waals surface area contributed by atoms with Crippen LogP contribution in [0.1, 0.15) is 44.9 Å². The van der Waals surface area contributed by atoms with E-state index in [4.69, 9.17) is 0 Å². The van der Waals surface area contributed by atoms with Gasteiger partial charge in [0.05, 0.1) is 0 Å². The Hall–Kier alpha value is 0.310. The van der Waals surface area contributed by atoms with Gasteiger partial charge in [-0.3, -0.25) is 4.31 Å². The lowest BCUT2D eigenvalue weighted by molar-refractivity contribution is 0.378. The second kappa shape index (κ2) is 4.52. The summed E-state index contributed by atoms with van der Waals surface area (Å²) in [5.74, 6) is 0. The Morgan fingerprint density at radius 3 is 2.17 bits per heavy atom. The van der Waals surface area contributed by atoms with Gasteiger partial charge in [0, 0.05) is 18.3 Å². The summed E-state index contributed by atoms with van der Waals surface area (Å²) in [5.41, 5.74) is 0. The van der Waals surface area contributed by atoms with E-state index in [1.807, 2.05) is 0 Å². The van der Waals surface area contributed by atoms with Gasteiger partial charge in [0.1, 0.15) is 0 Å². The first-order valence-corrected chi connectivity index (χ1v) is 6.20. The smallest absolute Gasteiger partial charge is 0.0195 e. The van der Waals surface area contributed by atoms with Gasteiger partial charge < -0.3 is 0 Å². The fourth-order valence-electron chi connectivity index (χ4n) is 2.17. The van der Waals surface area contributed by atoms with Crippen molar-refractivity contribution in [3.05, 3.63) is 0 Å². The molecule has 70 valence electrons. The molecule has 1 heterocycles. The third kappa shape index (κ3) is 2.40. The maximum Gasteiger partial charge on any atom is 0.0195 e. The third-order valence-corrected chi connectivity index (χ3v) is 4.35. The lowest BCUT2D eigenvalue weighted by atomic mass is 10.2. The summed E-state index contributed by atoms with van der Waals surface area (Å²) in [5, 5.41) is 0.975. The van der Waals surface area contributed by atoms with Gasteiger partial charge in [-0.1, -0.05) is 31.2 Å². The summed E-state index contributed by atoms with van der Waals surface area (Å²) in [4.78, 5) is 0. The van der Waals surface area contributed by atoms with Crippen molar-refractivity contribution < 1.29 is 0 Å². The van der Waals surface area contributed by atoms with Crippen molar-refractivity contribution >= 4 is 11.9 Å². The van der Waals surface area contributed by atoms with Crippen LogP contribution >= 0.6 is 11.9 Å². The Kier molecular flexibility index (Phi) is 3.35. The number of hydrogen-bond donors (Lipinski definition) is 0. The lowest BCUT2D eigenvalue weighted by Gasteiger charge is -2.27. The lowest BCUT2D eigenvalue weighted by Crippen LogP contribution is -2.25. The molecule has 0 N–H and O–H groups in total. The van der Waals surface area contributed by atoms with Gasteiger partial charge in [-0.05, 0) is 25.7 Å². The van der Waals surface area contributed by atoms with Crippen molar-refractivity contribution in [3.63, 3.8) is 0 Å². The fourth-order valence-corrected chi connectivity index (χ4v) is 3.61. The maximum atomic E-state index is 2.61. The molecule has 0 radical (unpaired) electrons. The van der Waals surface area contributed by atoms with E-state index in [9.17, 15) is 0 Å². The molecular weight excluding hydrogens is 166 g/mol. The number of piperidine rings is 1.